The molecule has 0 saturated heterocycles. The Morgan fingerprint density at radius 3 is 2.83 bits per heavy atom. The van der Waals surface area contributed by atoms with Crippen molar-refractivity contribution in [3.63, 3.8) is 0 Å². The number of ketones is 1. The van der Waals surface area contributed by atoms with Gasteiger partial charge in [0, 0.05) is 19.9 Å². The summed E-state index contributed by atoms with van der Waals surface area (Å²) in [5.74, 6) is 0.0238. The van der Waals surface area contributed by atoms with E-state index in [1.807, 2.05) is 24.3 Å². The molecular weight excluding hydrogens is 226 g/mol. The minimum atomic E-state index is -0.439. The maximum atomic E-state index is 12.1. The van der Waals surface area contributed by atoms with Crippen LogP contribution in [0.1, 0.15) is 30.5 Å². The first-order valence-electron chi connectivity index (χ1n) is 6.13. The number of hydrogen-bond acceptors (Lipinski definition) is 2. The summed E-state index contributed by atoms with van der Waals surface area (Å²) in [4.78, 5) is 25.5. The molecule has 0 spiro atoms. The molecule has 0 aromatic heterocycles. The van der Waals surface area contributed by atoms with Gasteiger partial charge in [0.1, 0.15) is 6.04 Å². The van der Waals surface area contributed by atoms with Crippen LogP contribution in [0.5, 0.6) is 0 Å². The predicted octanol–water partition coefficient (Wildman–Crippen LogP) is 2.28. The second-order valence-corrected chi connectivity index (χ2v) is 4.53. The van der Waals surface area contributed by atoms with Crippen LogP contribution in [-0.2, 0) is 16.0 Å². The van der Waals surface area contributed by atoms with Crippen LogP contribution in [0.25, 0.3) is 0 Å². The van der Waals surface area contributed by atoms with Crippen LogP contribution in [0.3, 0.4) is 0 Å². The van der Waals surface area contributed by atoms with Gasteiger partial charge in [0.25, 0.3) is 0 Å². The predicted molar refractivity (Wildman–Crippen MR) is 70.1 cm³/mol. The van der Waals surface area contributed by atoms with E-state index in [2.05, 4.69) is 6.58 Å². The highest BCUT2D eigenvalue weighted by molar-refractivity contribution is 5.91. The van der Waals surface area contributed by atoms with Gasteiger partial charge in [-0.05, 0) is 17.5 Å². The molecule has 3 heteroatoms. The molecule has 0 fully saturated rings. The fourth-order valence-corrected chi connectivity index (χ4v) is 2.49. The smallest absolute Gasteiger partial charge is 0.220 e. The summed E-state index contributed by atoms with van der Waals surface area (Å²) in [6.45, 7) is 5.55. The van der Waals surface area contributed by atoms with Crippen molar-refractivity contribution in [2.24, 2.45) is 0 Å². The van der Waals surface area contributed by atoms with Crippen molar-refractivity contribution in [2.75, 3.05) is 6.54 Å². The van der Waals surface area contributed by atoms with E-state index >= 15 is 0 Å². The minimum Gasteiger partial charge on any atom is -0.325 e. The largest absolute Gasteiger partial charge is 0.325 e. The average molecular weight is 243 g/mol. The zero-order valence-corrected chi connectivity index (χ0v) is 10.6. The van der Waals surface area contributed by atoms with E-state index in [1.54, 1.807) is 11.0 Å². The van der Waals surface area contributed by atoms with Crippen molar-refractivity contribution in [3.8, 4) is 0 Å². The van der Waals surface area contributed by atoms with Crippen LogP contribution in [0.2, 0.25) is 0 Å². The van der Waals surface area contributed by atoms with Gasteiger partial charge in [-0.1, -0.05) is 30.3 Å². The van der Waals surface area contributed by atoms with Crippen LogP contribution in [0.4, 0.5) is 0 Å². The maximum Gasteiger partial charge on any atom is 0.220 e. The first-order valence-corrected chi connectivity index (χ1v) is 6.13. The highest BCUT2D eigenvalue weighted by atomic mass is 16.2. The molecule has 18 heavy (non-hydrogen) atoms. The minimum absolute atomic E-state index is 0.0926. The molecule has 0 heterocycles. The van der Waals surface area contributed by atoms with Gasteiger partial charge in [-0.3, -0.25) is 9.59 Å². The second kappa shape index (κ2) is 5.17. The maximum absolute atomic E-state index is 12.1. The van der Waals surface area contributed by atoms with Gasteiger partial charge in [0.05, 0.1) is 0 Å². The molecule has 1 aromatic carbocycles. The van der Waals surface area contributed by atoms with Crippen molar-refractivity contribution < 1.29 is 9.59 Å². The van der Waals surface area contributed by atoms with Crippen LogP contribution >= 0.6 is 0 Å². The number of nitrogens with zero attached hydrogens (tertiary/aromatic N) is 1. The van der Waals surface area contributed by atoms with E-state index in [-0.39, 0.29) is 11.7 Å². The third-order valence-electron chi connectivity index (χ3n) is 3.34. The molecule has 2 rings (SSSR count). The summed E-state index contributed by atoms with van der Waals surface area (Å²) in [5.41, 5.74) is 2.13. The number of carbonyl (C=O) groups is 2. The van der Waals surface area contributed by atoms with Gasteiger partial charge < -0.3 is 4.90 Å². The molecule has 1 aliphatic rings. The molecule has 1 aliphatic carbocycles. The zero-order valence-electron chi connectivity index (χ0n) is 10.6. The average Bonchev–Trinajstić information content (AvgIpc) is 2.36. The van der Waals surface area contributed by atoms with Crippen molar-refractivity contribution >= 4 is 11.7 Å². The molecule has 0 N–H and O–H groups in total. The fourth-order valence-electron chi connectivity index (χ4n) is 2.49. The zero-order chi connectivity index (χ0) is 13.1. The number of hydrogen-bond donors (Lipinski definition) is 0. The molecular formula is C15H17NO2. The number of fused-ring (bicyclic) bond motifs is 1. The standard InChI is InChI=1S/C15H17NO2/c1-3-10-16(11(2)17)15-13-7-5-4-6-12(13)8-9-14(15)18/h3-7,15H,1,8-10H2,2H3. The summed E-state index contributed by atoms with van der Waals surface area (Å²) >= 11 is 0. The quantitative estimate of drug-likeness (QED) is 0.764. The Kier molecular flexibility index (Phi) is 3.60. The fraction of sp³-hybridized carbons (Fsp3) is 0.333. The normalized spacial score (nSPS) is 18.1. The van der Waals surface area contributed by atoms with E-state index < -0.39 is 6.04 Å². The van der Waals surface area contributed by atoms with Crippen molar-refractivity contribution in [2.45, 2.75) is 25.8 Å². The molecule has 0 saturated carbocycles. The number of carbonyl (C=O) groups excluding carboxylic acids is 2. The lowest BCUT2D eigenvalue weighted by molar-refractivity contribution is -0.138. The van der Waals surface area contributed by atoms with Crippen molar-refractivity contribution in [3.05, 3.63) is 48.0 Å². The van der Waals surface area contributed by atoms with E-state index in [4.69, 9.17) is 0 Å². The molecule has 0 bridgehead atoms. The lowest BCUT2D eigenvalue weighted by Crippen LogP contribution is -2.40. The Balaban J connectivity index is 2.44. The van der Waals surface area contributed by atoms with Crippen LogP contribution in [0, 0.1) is 0 Å². The lowest BCUT2D eigenvalue weighted by atomic mass is 9.85. The Labute approximate surface area is 107 Å². The van der Waals surface area contributed by atoms with Crippen LogP contribution < -0.4 is 0 Å². The van der Waals surface area contributed by atoms with E-state index in [0.717, 1.165) is 17.5 Å². The third-order valence-corrected chi connectivity index (χ3v) is 3.34. The topological polar surface area (TPSA) is 37.4 Å². The van der Waals surface area contributed by atoms with Gasteiger partial charge in [-0.25, -0.2) is 0 Å². The summed E-state index contributed by atoms with van der Waals surface area (Å²) in [5, 5.41) is 0. The first kappa shape index (κ1) is 12.6. The molecule has 1 aromatic rings. The van der Waals surface area contributed by atoms with Crippen LogP contribution in [0.15, 0.2) is 36.9 Å². The molecule has 0 aliphatic heterocycles. The van der Waals surface area contributed by atoms with Gasteiger partial charge in [0.2, 0.25) is 5.91 Å². The van der Waals surface area contributed by atoms with Crippen molar-refractivity contribution in [1.82, 2.24) is 4.90 Å². The molecule has 94 valence electrons. The Morgan fingerprint density at radius 2 is 2.17 bits per heavy atom. The summed E-state index contributed by atoms with van der Waals surface area (Å²) in [7, 11) is 0. The summed E-state index contributed by atoms with van der Waals surface area (Å²) in [6, 6.07) is 7.41. The van der Waals surface area contributed by atoms with Gasteiger partial charge in [0.15, 0.2) is 5.78 Å². The molecule has 1 atom stereocenters. The second-order valence-electron chi connectivity index (χ2n) is 4.53. The Hall–Kier alpha value is -1.90. The monoisotopic (exact) mass is 243 g/mol. The summed E-state index contributed by atoms with van der Waals surface area (Å²) in [6.07, 6.45) is 2.93. The third kappa shape index (κ3) is 2.21. The Morgan fingerprint density at radius 1 is 1.44 bits per heavy atom. The highest BCUT2D eigenvalue weighted by Gasteiger charge is 2.33. The number of aryl methyl sites for hydroxylation is 1. The Bertz CT molecular complexity index is 493. The van der Waals surface area contributed by atoms with E-state index in [0.29, 0.717) is 13.0 Å². The molecule has 0 radical (unpaired) electrons. The number of Topliss-reactive ketones (excluding diaryl/α,β-unsaturated/α-hetero) is 1. The highest BCUT2D eigenvalue weighted by Crippen LogP contribution is 2.31. The van der Waals surface area contributed by atoms with Gasteiger partial charge >= 0.3 is 0 Å². The van der Waals surface area contributed by atoms with Crippen LogP contribution in [-0.4, -0.2) is 23.1 Å². The van der Waals surface area contributed by atoms with E-state index in [9.17, 15) is 9.59 Å². The SMILES string of the molecule is C=CCN(C(C)=O)C1C(=O)CCc2ccccc21. The lowest BCUT2D eigenvalue weighted by Gasteiger charge is -2.33. The van der Waals surface area contributed by atoms with E-state index in [1.165, 1.54) is 6.92 Å². The number of amides is 1. The van der Waals surface area contributed by atoms with Gasteiger partial charge in [-0.2, -0.15) is 0 Å². The summed E-state index contributed by atoms with van der Waals surface area (Å²) < 4.78 is 0. The number of benzene rings is 1. The van der Waals surface area contributed by atoms with Gasteiger partial charge in [-0.15, -0.1) is 6.58 Å². The van der Waals surface area contributed by atoms with Crippen molar-refractivity contribution in [1.29, 1.82) is 0 Å². The number of rotatable bonds is 3. The molecule has 3 nitrogen and oxygen atoms in total. The molecule has 1 amide bonds. The molecule has 1 unspecified atom stereocenters. The first-order chi connectivity index (χ1) is 8.65.